The highest BCUT2D eigenvalue weighted by Crippen LogP contribution is 2.16. The number of anilines is 3. The van der Waals surface area contributed by atoms with Crippen molar-refractivity contribution >= 4 is 23.2 Å². The summed E-state index contributed by atoms with van der Waals surface area (Å²) in [5, 5.41) is 12.1. The predicted molar refractivity (Wildman–Crippen MR) is 89.4 cm³/mol. The largest absolute Gasteiger partial charge is 0.396 e. The summed E-state index contributed by atoms with van der Waals surface area (Å²) in [5.41, 5.74) is 7.37. The van der Waals surface area contributed by atoms with Crippen molar-refractivity contribution in [3.8, 4) is 0 Å². The van der Waals surface area contributed by atoms with Gasteiger partial charge in [0.1, 0.15) is 0 Å². The van der Waals surface area contributed by atoms with Crippen LogP contribution in [-0.4, -0.2) is 45.1 Å². The molecular weight excluding hydrogens is 294 g/mol. The molecule has 0 aliphatic carbocycles. The minimum Gasteiger partial charge on any atom is -0.396 e. The van der Waals surface area contributed by atoms with Gasteiger partial charge in [-0.05, 0) is 38.1 Å². The van der Waals surface area contributed by atoms with Crippen LogP contribution in [-0.2, 0) is 0 Å². The van der Waals surface area contributed by atoms with Crippen LogP contribution < -0.4 is 11.1 Å². The van der Waals surface area contributed by atoms with Gasteiger partial charge in [0, 0.05) is 23.8 Å². The summed E-state index contributed by atoms with van der Waals surface area (Å²) in [6.45, 7) is 4.09. The minimum absolute atomic E-state index is 0.0237. The lowest BCUT2D eigenvalue weighted by atomic mass is 10.1. The van der Waals surface area contributed by atoms with Crippen molar-refractivity contribution in [2.75, 3.05) is 24.2 Å². The van der Waals surface area contributed by atoms with Gasteiger partial charge in [-0.25, -0.2) is 9.97 Å². The Morgan fingerprint density at radius 2 is 1.87 bits per heavy atom. The Bertz CT molecular complexity index is 641. The second kappa shape index (κ2) is 7.55. The van der Waals surface area contributed by atoms with Gasteiger partial charge >= 0.3 is 0 Å². The molecule has 4 N–H and O–H groups in total. The molecule has 0 spiro atoms. The molecule has 0 fully saturated rings. The zero-order valence-electron chi connectivity index (χ0n) is 13.2. The highest BCUT2D eigenvalue weighted by Gasteiger charge is 2.17. The van der Waals surface area contributed by atoms with Gasteiger partial charge in [0.2, 0.25) is 5.95 Å². The van der Waals surface area contributed by atoms with Gasteiger partial charge < -0.3 is 21.1 Å². The molecule has 7 heteroatoms. The summed E-state index contributed by atoms with van der Waals surface area (Å²) >= 11 is 0. The molecule has 1 aromatic carbocycles. The lowest BCUT2D eigenvalue weighted by Crippen LogP contribution is -2.38. The predicted octanol–water partition coefficient (Wildman–Crippen LogP) is 1.65. The van der Waals surface area contributed by atoms with Crippen LogP contribution in [0.4, 0.5) is 17.3 Å². The third-order valence-electron chi connectivity index (χ3n) is 3.28. The van der Waals surface area contributed by atoms with E-state index in [0.29, 0.717) is 23.7 Å². The number of carbonyl (C=O) groups excluding carboxylic acids is 1. The highest BCUT2D eigenvalue weighted by atomic mass is 16.3. The maximum Gasteiger partial charge on any atom is 0.254 e. The Balaban J connectivity index is 2.09. The van der Waals surface area contributed by atoms with Crippen molar-refractivity contribution in [1.29, 1.82) is 0 Å². The summed E-state index contributed by atoms with van der Waals surface area (Å²) in [4.78, 5) is 22.2. The van der Waals surface area contributed by atoms with E-state index in [9.17, 15) is 4.79 Å². The van der Waals surface area contributed by atoms with Crippen LogP contribution in [0.5, 0.6) is 0 Å². The van der Waals surface area contributed by atoms with Crippen LogP contribution in [0.15, 0.2) is 36.7 Å². The summed E-state index contributed by atoms with van der Waals surface area (Å²) in [6.07, 6.45) is 3.03. The van der Waals surface area contributed by atoms with Gasteiger partial charge in [0.15, 0.2) is 0 Å². The Kier molecular flexibility index (Phi) is 5.48. The first-order valence-electron chi connectivity index (χ1n) is 7.37. The number of amides is 1. The Labute approximate surface area is 135 Å². The fourth-order valence-corrected chi connectivity index (χ4v) is 2.10. The van der Waals surface area contributed by atoms with E-state index < -0.39 is 0 Å². The van der Waals surface area contributed by atoms with Gasteiger partial charge in [-0.3, -0.25) is 4.79 Å². The molecule has 23 heavy (non-hydrogen) atoms. The summed E-state index contributed by atoms with van der Waals surface area (Å²) in [5.74, 6) is 0.326. The number of nitrogens with two attached hydrogens (primary N) is 1. The maximum atomic E-state index is 12.4. The van der Waals surface area contributed by atoms with Crippen LogP contribution in [0.2, 0.25) is 0 Å². The molecule has 1 aromatic heterocycles. The van der Waals surface area contributed by atoms with Crippen LogP contribution in [0.3, 0.4) is 0 Å². The number of benzene rings is 1. The lowest BCUT2D eigenvalue weighted by molar-refractivity contribution is 0.0665. The molecule has 0 unspecified atom stereocenters. The first-order valence-corrected chi connectivity index (χ1v) is 7.37. The molecular formula is C16H21N5O2. The fourth-order valence-electron chi connectivity index (χ4n) is 2.10. The normalized spacial score (nSPS) is 10.6. The molecule has 0 radical (unpaired) electrons. The van der Waals surface area contributed by atoms with Gasteiger partial charge in [0.05, 0.1) is 24.7 Å². The van der Waals surface area contributed by atoms with Crippen molar-refractivity contribution in [2.45, 2.75) is 19.9 Å². The van der Waals surface area contributed by atoms with Crippen LogP contribution >= 0.6 is 0 Å². The van der Waals surface area contributed by atoms with Gasteiger partial charge in [-0.15, -0.1) is 0 Å². The molecule has 1 heterocycles. The number of aliphatic hydroxyl groups is 1. The van der Waals surface area contributed by atoms with Crippen LogP contribution in [0, 0.1) is 0 Å². The maximum absolute atomic E-state index is 12.4. The zero-order chi connectivity index (χ0) is 16.8. The number of hydrogen-bond acceptors (Lipinski definition) is 6. The molecule has 2 aromatic rings. The second-order valence-electron chi connectivity index (χ2n) is 5.36. The Morgan fingerprint density at radius 1 is 1.26 bits per heavy atom. The topological polar surface area (TPSA) is 104 Å². The van der Waals surface area contributed by atoms with E-state index in [1.807, 2.05) is 13.8 Å². The smallest absolute Gasteiger partial charge is 0.254 e. The zero-order valence-corrected chi connectivity index (χ0v) is 13.2. The number of nitrogens with one attached hydrogen (secondary N) is 1. The monoisotopic (exact) mass is 315 g/mol. The van der Waals surface area contributed by atoms with Gasteiger partial charge in [-0.2, -0.15) is 0 Å². The second-order valence-corrected chi connectivity index (χ2v) is 5.36. The first-order chi connectivity index (χ1) is 11.0. The van der Waals surface area contributed by atoms with E-state index in [1.54, 1.807) is 29.2 Å². The van der Waals surface area contributed by atoms with Crippen molar-refractivity contribution in [2.24, 2.45) is 0 Å². The van der Waals surface area contributed by atoms with Crippen molar-refractivity contribution in [3.05, 3.63) is 42.2 Å². The van der Waals surface area contributed by atoms with E-state index in [1.165, 1.54) is 12.4 Å². The highest BCUT2D eigenvalue weighted by molar-refractivity contribution is 5.94. The molecule has 0 aliphatic rings. The molecule has 0 atom stereocenters. The summed E-state index contributed by atoms with van der Waals surface area (Å²) < 4.78 is 0. The molecule has 1 amide bonds. The quantitative estimate of drug-likeness (QED) is 0.748. The van der Waals surface area contributed by atoms with Gasteiger partial charge in [-0.1, -0.05) is 0 Å². The van der Waals surface area contributed by atoms with Crippen molar-refractivity contribution in [1.82, 2.24) is 14.9 Å². The number of hydrogen-bond donors (Lipinski definition) is 3. The number of nitrogens with zero attached hydrogens (tertiary/aromatic N) is 3. The Morgan fingerprint density at radius 3 is 2.39 bits per heavy atom. The van der Waals surface area contributed by atoms with Gasteiger partial charge in [0.25, 0.3) is 5.91 Å². The molecule has 0 bridgehead atoms. The van der Waals surface area contributed by atoms with E-state index in [2.05, 4.69) is 15.3 Å². The molecule has 122 valence electrons. The third kappa shape index (κ3) is 4.40. The standard InChI is InChI=1S/C16H21N5O2/c1-11(2)21(7-8-22)15(23)12-3-5-14(6-4-12)20-16-18-9-13(17)10-19-16/h3-6,9-11,22H,7-8,17H2,1-2H3,(H,18,19,20). The molecule has 2 rings (SSSR count). The average Bonchev–Trinajstić information content (AvgIpc) is 2.54. The minimum atomic E-state index is -0.107. The third-order valence-corrected chi connectivity index (χ3v) is 3.28. The number of rotatable bonds is 6. The molecule has 0 aliphatic heterocycles. The number of nitrogen functional groups attached to an aromatic ring is 1. The van der Waals surface area contributed by atoms with Crippen molar-refractivity contribution < 1.29 is 9.90 Å². The number of aliphatic hydroxyl groups excluding tert-OH is 1. The molecule has 0 saturated carbocycles. The SMILES string of the molecule is CC(C)N(CCO)C(=O)c1ccc(Nc2ncc(N)cn2)cc1. The molecule has 7 nitrogen and oxygen atoms in total. The lowest BCUT2D eigenvalue weighted by Gasteiger charge is -2.26. The fraction of sp³-hybridized carbons (Fsp3) is 0.312. The van der Waals surface area contributed by atoms with E-state index in [4.69, 9.17) is 10.8 Å². The van der Waals surface area contributed by atoms with Crippen LogP contribution in [0.1, 0.15) is 24.2 Å². The Hall–Kier alpha value is -2.67. The average molecular weight is 315 g/mol. The van der Waals surface area contributed by atoms with Crippen LogP contribution in [0.25, 0.3) is 0 Å². The summed E-state index contributed by atoms with van der Waals surface area (Å²) in [6, 6.07) is 7.05. The number of carbonyl (C=O) groups is 1. The van der Waals surface area contributed by atoms with E-state index >= 15 is 0 Å². The van der Waals surface area contributed by atoms with Crippen molar-refractivity contribution in [3.63, 3.8) is 0 Å². The first kappa shape index (κ1) is 16.7. The van der Waals surface area contributed by atoms with E-state index in [0.717, 1.165) is 5.69 Å². The number of aromatic nitrogens is 2. The van der Waals surface area contributed by atoms with E-state index in [-0.39, 0.29) is 18.6 Å². The molecule has 0 saturated heterocycles. The summed E-state index contributed by atoms with van der Waals surface area (Å²) in [7, 11) is 0.